The number of likely N-dealkylation sites (tertiary alicyclic amines) is 1. The molecule has 2 amide bonds. The van der Waals surface area contributed by atoms with Crippen LogP contribution in [0.3, 0.4) is 0 Å². The lowest BCUT2D eigenvalue weighted by molar-refractivity contribution is -0.158. The van der Waals surface area contributed by atoms with Crippen molar-refractivity contribution in [1.29, 1.82) is 0 Å². The van der Waals surface area contributed by atoms with Gasteiger partial charge in [0.1, 0.15) is 18.2 Å². The molecule has 0 spiro atoms. The summed E-state index contributed by atoms with van der Waals surface area (Å²) in [6.45, 7) is 4.40. The number of ether oxygens (including phenoxy) is 1. The number of amides is 2. The minimum absolute atomic E-state index is 0.0729. The highest BCUT2D eigenvalue weighted by Crippen LogP contribution is 2.44. The molecule has 1 aliphatic heterocycles. The molecule has 0 aromatic heterocycles. The molecular formula is C28H34N2O5. The van der Waals surface area contributed by atoms with Crippen LogP contribution in [-0.2, 0) is 14.3 Å². The topological polar surface area (TPSA) is 95.9 Å². The molecule has 35 heavy (non-hydrogen) atoms. The van der Waals surface area contributed by atoms with Crippen molar-refractivity contribution in [3.05, 3.63) is 59.7 Å². The Balaban J connectivity index is 1.45. The van der Waals surface area contributed by atoms with Crippen molar-refractivity contribution in [3.8, 4) is 11.1 Å². The zero-order valence-corrected chi connectivity index (χ0v) is 20.5. The van der Waals surface area contributed by atoms with Gasteiger partial charge in [0.25, 0.3) is 0 Å². The van der Waals surface area contributed by atoms with Crippen LogP contribution < -0.4 is 5.32 Å². The molecule has 2 atom stereocenters. The van der Waals surface area contributed by atoms with Crippen molar-refractivity contribution in [2.24, 2.45) is 0 Å². The molecule has 4 rings (SSSR count). The molecule has 1 fully saturated rings. The Kier molecular flexibility index (Phi) is 7.43. The first-order chi connectivity index (χ1) is 16.9. The summed E-state index contributed by atoms with van der Waals surface area (Å²) in [5.41, 5.74) is 3.33. The number of carbonyl (C=O) groups is 3. The number of carboxylic acids is 1. The van der Waals surface area contributed by atoms with Crippen molar-refractivity contribution in [1.82, 2.24) is 10.2 Å². The van der Waals surface area contributed by atoms with E-state index >= 15 is 0 Å². The van der Waals surface area contributed by atoms with Crippen LogP contribution in [0.4, 0.5) is 4.79 Å². The van der Waals surface area contributed by atoms with Crippen LogP contribution in [0.1, 0.15) is 69.4 Å². The van der Waals surface area contributed by atoms with Crippen LogP contribution in [0.2, 0.25) is 0 Å². The number of benzene rings is 2. The van der Waals surface area contributed by atoms with Gasteiger partial charge in [-0.2, -0.15) is 0 Å². The molecule has 0 bridgehead atoms. The van der Waals surface area contributed by atoms with Crippen LogP contribution >= 0.6 is 0 Å². The van der Waals surface area contributed by atoms with Gasteiger partial charge in [0.2, 0.25) is 5.91 Å². The average Bonchev–Trinajstić information content (AvgIpc) is 3.42. The third-order valence-corrected chi connectivity index (χ3v) is 7.33. The number of nitrogens with zero attached hydrogens (tertiary/aromatic N) is 1. The molecule has 186 valence electrons. The lowest BCUT2D eigenvalue weighted by Gasteiger charge is -2.36. The van der Waals surface area contributed by atoms with Gasteiger partial charge in [-0.3, -0.25) is 4.79 Å². The van der Waals surface area contributed by atoms with Gasteiger partial charge in [0.05, 0.1) is 0 Å². The lowest BCUT2D eigenvalue weighted by Crippen LogP contribution is -2.58. The summed E-state index contributed by atoms with van der Waals surface area (Å²) in [7, 11) is 0. The zero-order valence-electron chi connectivity index (χ0n) is 20.5. The first-order valence-electron chi connectivity index (χ1n) is 12.6. The van der Waals surface area contributed by atoms with Crippen molar-refractivity contribution in [2.45, 2.75) is 69.9 Å². The summed E-state index contributed by atoms with van der Waals surface area (Å²) in [5, 5.41) is 12.7. The minimum atomic E-state index is -1.19. The number of hydrogen-bond acceptors (Lipinski definition) is 4. The Labute approximate surface area is 206 Å². The molecule has 2 aromatic rings. The normalized spacial score (nSPS) is 19.7. The fourth-order valence-electron chi connectivity index (χ4n) is 5.72. The van der Waals surface area contributed by atoms with Crippen LogP contribution in [0.5, 0.6) is 0 Å². The van der Waals surface area contributed by atoms with Gasteiger partial charge in [-0.1, -0.05) is 75.2 Å². The van der Waals surface area contributed by atoms with Crippen LogP contribution in [-0.4, -0.2) is 52.7 Å². The SMILES string of the molecule is CCCC(NC(=O)OCC1c2ccccc2-c2ccccc21)C(=O)N1CCCC1(CCC)C(=O)O. The molecule has 1 heterocycles. The van der Waals surface area contributed by atoms with E-state index in [0.717, 1.165) is 22.3 Å². The van der Waals surface area contributed by atoms with Crippen molar-refractivity contribution in [2.75, 3.05) is 13.2 Å². The summed E-state index contributed by atoms with van der Waals surface area (Å²) in [6, 6.07) is 15.4. The molecule has 2 aromatic carbocycles. The molecule has 1 saturated heterocycles. The number of carboxylic acid groups (broad SMARTS) is 1. The molecule has 7 heteroatoms. The Morgan fingerprint density at radius 3 is 2.26 bits per heavy atom. The Hall–Kier alpha value is -3.35. The summed E-state index contributed by atoms with van der Waals surface area (Å²) >= 11 is 0. The van der Waals surface area contributed by atoms with E-state index in [2.05, 4.69) is 29.6 Å². The fourth-order valence-corrected chi connectivity index (χ4v) is 5.72. The van der Waals surface area contributed by atoms with Crippen LogP contribution in [0.25, 0.3) is 11.1 Å². The first-order valence-corrected chi connectivity index (χ1v) is 12.6. The van der Waals surface area contributed by atoms with E-state index in [9.17, 15) is 19.5 Å². The van der Waals surface area contributed by atoms with E-state index in [-0.39, 0.29) is 18.4 Å². The fraction of sp³-hybridized carbons (Fsp3) is 0.464. The summed E-state index contributed by atoms with van der Waals surface area (Å²) in [4.78, 5) is 39.9. The predicted octanol–water partition coefficient (Wildman–Crippen LogP) is 4.94. The third-order valence-electron chi connectivity index (χ3n) is 7.33. The molecule has 2 aliphatic rings. The van der Waals surface area contributed by atoms with Crippen molar-refractivity contribution >= 4 is 18.0 Å². The van der Waals surface area contributed by atoms with E-state index in [0.29, 0.717) is 45.1 Å². The highest BCUT2D eigenvalue weighted by Gasteiger charge is 2.50. The summed E-state index contributed by atoms with van der Waals surface area (Å²) in [6.07, 6.45) is 2.57. The minimum Gasteiger partial charge on any atom is -0.479 e. The highest BCUT2D eigenvalue weighted by molar-refractivity contribution is 5.92. The number of hydrogen-bond donors (Lipinski definition) is 2. The molecule has 2 N–H and O–H groups in total. The molecule has 1 aliphatic carbocycles. The quantitative estimate of drug-likeness (QED) is 0.532. The summed E-state index contributed by atoms with van der Waals surface area (Å²) < 4.78 is 5.64. The standard InChI is InChI=1S/C28H34N2O5/c1-3-10-24(25(31)30-17-9-16-28(30,15-4-2)26(32)33)29-27(34)35-18-23-21-13-7-5-11-19(21)20-12-6-8-14-22(20)23/h5-8,11-14,23-24H,3-4,9-10,15-18H2,1-2H3,(H,29,34)(H,32,33). The number of carbonyl (C=O) groups excluding carboxylic acids is 2. The van der Waals surface area contributed by atoms with Gasteiger partial charge in [-0.15, -0.1) is 0 Å². The monoisotopic (exact) mass is 478 g/mol. The first kappa shape index (κ1) is 24.8. The second-order valence-electron chi connectivity index (χ2n) is 9.49. The lowest BCUT2D eigenvalue weighted by atomic mass is 9.90. The van der Waals surface area contributed by atoms with Gasteiger partial charge in [-0.25, -0.2) is 9.59 Å². The van der Waals surface area contributed by atoms with Crippen molar-refractivity contribution < 1.29 is 24.2 Å². The second kappa shape index (κ2) is 10.5. The maximum Gasteiger partial charge on any atom is 0.407 e. The smallest absolute Gasteiger partial charge is 0.407 e. The van der Waals surface area contributed by atoms with E-state index in [1.807, 2.05) is 38.1 Å². The van der Waals surface area contributed by atoms with Gasteiger partial charge >= 0.3 is 12.1 Å². The summed E-state index contributed by atoms with van der Waals surface area (Å²) in [5.74, 6) is -1.38. The number of rotatable bonds is 9. The van der Waals surface area contributed by atoms with Crippen molar-refractivity contribution in [3.63, 3.8) is 0 Å². The predicted molar refractivity (Wildman–Crippen MR) is 133 cm³/mol. The molecular weight excluding hydrogens is 444 g/mol. The van der Waals surface area contributed by atoms with Gasteiger partial charge in [0.15, 0.2) is 0 Å². The maximum atomic E-state index is 13.4. The molecule has 7 nitrogen and oxygen atoms in total. The number of aliphatic carboxylic acids is 1. The maximum absolute atomic E-state index is 13.4. The molecule has 0 radical (unpaired) electrons. The Morgan fingerprint density at radius 1 is 1.06 bits per heavy atom. The Bertz CT molecular complexity index is 1050. The third kappa shape index (κ3) is 4.64. The number of fused-ring (bicyclic) bond motifs is 3. The van der Waals surface area contributed by atoms with E-state index in [1.165, 1.54) is 4.90 Å². The van der Waals surface area contributed by atoms with E-state index in [4.69, 9.17) is 4.74 Å². The Morgan fingerprint density at radius 2 is 1.69 bits per heavy atom. The van der Waals surface area contributed by atoms with Gasteiger partial charge < -0.3 is 20.1 Å². The van der Waals surface area contributed by atoms with E-state index < -0.39 is 23.6 Å². The van der Waals surface area contributed by atoms with Gasteiger partial charge in [0, 0.05) is 12.5 Å². The number of alkyl carbamates (subject to hydrolysis) is 1. The van der Waals surface area contributed by atoms with E-state index in [1.54, 1.807) is 0 Å². The number of nitrogens with one attached hydrogen (secondary N) is 1. The average molecular weight is 479 g/mol. The molecule has 0 saturated carbocycles. The second-order valence-corrected chi connectivity index (χ2v) is 9.49. The van der Waals surface area contributed by atoms with Gasteiger partial charge in [-0.05, 0) is 47.9 Å². The molecule has 2 unspecified atom stereocenters. The highest BCUT2D eigenvalue weighted by atomic mass is 16.5. The van der Waals surface area contributed by atoms with Crippen LogP contribution in [0.15, 0.2) is 48.5 Å². The zero-order chi connectivity index (χ0) is 25.0. The largest absolute Gasteiger partial charge is 0.479 e. The van der Waals surface area contributed by atoms with Crippen LogP contribution in [0, 0.1) is 0 Å².